The van der Waals surface area contributed by atoms with Crippen molar-refractivity contribution in [1.29, 1.82) is 0 Å². The molecular formula is C10H13N3S. The Morgan fingerprint density at radius 2 is 2.29 bits per heavy atom. The van der Waals surface area contributed by atoms with Gasteiger partial charge in [0.1, 0.15) is 0 Å². The molecule has 2 aromatic rings. The topological polar surface area (TPSA) is 54.7 Å². The van der Waals surface area contributed by atoms with Gasteiger partial charge in [-0.25, -0.2) is 0 Å². The molecule has 0 amide bonds. The summed E-state index contributed by atoms with van der Waals surface area (Å²) in [4.78, 5) is 1.18. The largest absolute Gasteiger partial charge is 0.382 e. The van der Waals surface area contributed by atoms with E-state index >= 15 is 0 Å². The summed E-state index contributed by atoms with van der Waals surface area (Å²) in [6.45, 7) is 4.26. The SMILES string of the molecule is CC(C)c1[nH]nc(N)c1-c1cccs1. The predicted octanol–water partition coefficient (Wildman–Crippen LogP) is 2.84. The van der Waals surface area contributed by atoms with Crippen LogP contribution >= 0.6 is 11.3 Å². The first-order valence-corrected chi connectivity index (χ1v) is 5.45. The number of aromatic amines is 1. The molecule has 4 heteroatoms. The van der Waals surface area contributed by atoms with E-state index in [0.29, 0.717) is 11.7 Å². The fourth-order valence-electron chi connectivity index (χ4n) is 1.47. The third-order valence-electron chi connectivity index (χ3n) is 2.17. The fourth-order valence-corrected chi connectivity index (χ4v) is 2.26. The Labute approximate surface area is 87.0 Å². The maximum atomic E-state index is 5.83. The molecule has 0 fully saturated rings. The quantitative estimate of drug-likeness (QED) is 0.795. The fraction of sp³-hybridized carbons (Fsp3) is 0.300. The first-order chi connectivity index (χ1) is 6.70. The lowest BCUT2D eigenvalue weighted by Gasteiger charge is -2.04. The number of hydrogen-bond acceptors (Lipinski definition) is 3. The van der Waals surface area contributed by atoms with Crippen LogP contribution in [0.1, 0.15) is 25.5 Å². The van der Waals surface area contributed by atoms with E-state index < -0.39 is 0 Å². The molecule has 3 nitrogen and oxygen atoms in total. The van der Waals surface area contributed by atoms with Crippen LogP contribution in [0.25, 0.3) is 10.4 Å². The number of anilines is 1. The van der Waals surface area contributed by atoms with Gasteiger partial charge in [0, 0.05) is 10.6 Å². The normalized spacial score (nSPS) is 11.1. The number of nitrogens with two attached hydrogens (primary N) is 1. The van der Waals surface area contributed by atoms with E-state index in [0.717, 1.165) is 11.3 Å². The minimum absolute atomic E-state index is 0.414. The lowest BCUT2D eigenvalue weighted by Crippen LogP contribution is -1.91. The number of H-pyrrole nitrogens is 1. The predicted molar refractivity (Wildman–Crippen MR) is 60.4 cm³/mol. The Bertz CT molecular complexity index is 415. The summed E-state index contributed by atoms with van der Waals surface area (Å²) in [5.41, 5.74) is 8.02. The molecule has 0 aliphatic carbocycles. The van der Waals surface area contributed by atoms with Gasteiger partial charge in [0.05, 0.1) is 5.56 Å². The zero-order valence-corrected chi connectivity index (χ0v) is 9.06. The van der Waals surface area contributed by atoms with E-state index in [2.05, 4.69) is 30.1 Å². The summed E-state index contributed by atoms with van der Waals surface area (Å²) in [6, 6.07) is 4.09. The third-order valence-corrected chi connectivity index (χ3v) is 3.05. The van der Waals surface area contributed by atoms with Gasteiger partial charge in [-0.05, 0) is 17.4 Å². The van der Waals surface area contributed by atoms with Crippen LogP contribution in [0.15, 0.2) is 17.5 Å². The second kappa shape index (κ2) is 3.46. The van der Waals surface area contributed by atoms with Crippen molar-refractivity contribution in [2.75, 3.05) is 5.73 Å². The molecule has 2 heterocycles. The number of nitrogens with zero attached hydrogens (tertiary/aromatic N) is 1. The second-order valence-electron chi connectivity index (χ2n) is 3.53. The van der Waals surface area contributed by atoms with Crippen LogP contribution in [0.5, 0.6) is 0 Å². The maximum absolute atomic E-state index is 5.83. The van der Waals surface area contributed by atoms with Crippen LogP contribution in [-0.2, 0) is 0 Å². The Hall–Kier alpha value is -1.29. The smallest absolute Gasteiger partial charge is 0.154 e. The van der Waals surface area contributed by atoms with Gasteiger partial charge in [-0.2, -0.15) is 5.10 Å². The number of aromatic nitrogens is 2. The van der Waals surface area contributed by atoms with Crippen molar-refractivity contribution >= 4 is 17.2 Å². The van der Waals surface area contributed by atoms with Crippen molar-refractivity contribution in [3.63, 3.8) is 0 Å². The summed E-state index contributed by atoms with van der Waals surface area (Å²) in [5.74, 6) is 1.01. The monoisotopic (exact) mass is 207 g/mol. The van der Waals surface area contributed by atoms with Crippen molar-refractivity contribution < 1.29 is 0 Å². The molecule has 14 heavy (non-hydrogen) atoms. The molecule has 2 aromatic heterocycles. The summed E-state index contributed by atoms with van der Waals surface area (Å²) < 4.78 is 0. The maximum Gasteiger partial charge on any atom is 0.154 e. The molecule has 0 saturated heterocycles. The Balaban J connectivity index is 2.56. The molecule has 2 rings (SSSR count). The standard InChI is InChI=1S/C10H13N3S/c1-6(2)9-8(10(11)13-12-9)7-4-3-5-14-7/h3-6H,1-2H3,(H3,11,12,13). The summed E-state index contributed by atoms with van der Waals surface area (Å²) in [6.07, 6.45) is 0. The Kier molecular flexibility index (Phi) is 2.29. The second-order valence-corrected chi connectivity index (χ2v) is 4.48. The number of nitrogen functional groups attached to an aromatic ring is 1. The molecule has 3 N–H and O–H groups in total. The van der Waals surface area contributed by atoms with Gasteiger partial charge in [0.25, 0.3) is 0 Å². The van der Waals surface area contributed by atoms with Crippen LogP contribution in [0.2, 0.25) is 0 Å². The van der Waals surface area contributed by atoms with E-state index in [1.165, 1.54) is 4.88 Å². The van der Waals surface area contributed by atoms with Gasteiger partial charge in [0.2, 0.25) is 0 Å². The van der Waals surface area contributed by atoms with Gasteiger partial charge in [0.15, 0.2) is 5.82 Å². The highest BCUT2D eigenvalue weighted by Gasteiger charge is 2.15. The molecule has 0 radical (unpaired) electrons. The van der Waals surface area contributed by atoms with Gasteiger partial charge in [-0.15, -0.1) is 11.3 Å². The summed E-state index contributed by atoms with van der Waals surface area (Å²) in [5, 5.41) is 9.09. The average Bonchev–Trinajstić information content (AvgIpc) is 2.71. The molecule has 74 valence electrons. The van der Waals surface area contributed by atoms with Crippen LogP contribution in [-0.4, -0.2) is 10.2 Å². The number of thiophene rings is 1. The van der Waals surface area contributed by atoms with Crippen molar-refractivity contribution in [2.24, 2.45) is 0 Å². The highest BCUT2D eigenvalue weighted by Crippen LogP contribution is 2.34. The molecule has 0 atom stereocenters. The van der Waals surface area contributed by atoms with E-state index in [1.54, 1.807) is 11.3 Å². The third kappa shape index (κ3) is 1.42. The average molecular weight is 207 g/mol. The molecular weight excluding hydrogens is 194 g/mol. The van der Waals surface area contributed by atoms with Crippen LogP contribution in [0.3, 0.4) is 0 Å². The van der Waals surface area contributed by atoms with Crippen LogP contribution in [0.4, 0.5) is 5.82 Å². The van der Waals surface area contributed by atoms with Crippen molar-refractivity contribution in [1.82, 2.24) is 10.2 Å². The molecule has 0 aromatic carbocycles. The van der Waals surface area contributed by atoms with Gasteiger partial charge in [-0.1, -0.05) is 19.9 Å². The zero-order valence-electron chi connectivity index (χ0n) is 8.24. The lowest BCUT2D eigenvalue weighted by atomic mass is 10.0. The van der Waals surface area contributed by atoms with E-state index in [-0.39, 0.29) is 0 Å². The highest BCUT2D eigenvalue weighted by atomic mass is 32.1. The first kappa shape index (κ1) is 9.27. The highest BCUT2D eigenvalue weighted by molar-refractivity contribution is 7.13. The molecule has 0 spiro atoms. The number of nitrogens with one attached hydrogen (secondary N) is 1. The Morgan fingerprint density at radius 1 is 1.50 bits per heavy atom. The van der Waals surface area contributed by atoms with Crippen molar-refractivity contribution in [2.45, 2.75) is 19.8 Å². The zero-order chi connectivity index (χ0) is 10.1. The van der Waals surface area contributed by atoms with Crippen molar-refractivity contribution in [3.05, 3.63) is 23.2 Å². The molecule has 0 aliphatic rings. The number of rotatable bonds is 2. The Morgan fingerprint density at radius 3 is 2.86 bits per heavy atom. The van der Waals surface area contributed by atoms with Crippen LogP contribution in [0, 0.1) is 0 Å². The summed E-state index contributed by atoms with van der Waals surface area (Å²) >= 11 is 1.69. The lowest BCUT2D eigenvalue weighted by molar-refractivity contribution is 0.813. The molecule has 0 aliphatic heterocycles. The van der Waals surface area contributed by atoms with E-state index in [4.69, 9.17) is 5.73 Å². The van der Waals surface area contributed by atoms with Gasteiger partial charge >= 0.3 is 0 Å². The molecule has 0 unspecified atom stereocenters. The molecule has 0 saturated carbocycles. The summed E-state index contributed by atoms with van der Waals surface area (Å²) in [7, 11) is 0. The van der Waals surface area contributed by atoms with Crippen molar-refractivity contribution in [3.8, 4) is 10.4 Å². The van der Waals surface area contributed by atoms with Gasteiger partial charge < -0.3 is 5.73 Å². The molecule has 0 bridgehead atoms. The van der Waals surface area contributed by atoms with Crippen LogP contribution < -0.4 is 5.73 Å². The first-order valence-electron chi connectivity index (χ1n) is 4.57. The van der Waals surface area contributed by atoms with Gasteiger partial charge in [-0.3, -0.25) is 5.10 Å². The van der Waals surface area contributed by atoms with E-state index in [9.17, 15) is 0 Å². The van der Waals surface area contributed by atoms with E-state index in [1.807, 2.05) is 11.4 Å². The number of hydrogen-bond donors (Lipinski definition) is 2. The minimum atomic E-state index is 0.414. The minimum Gasteiger partial charge on any atom is -0.382 e.